The smallest absolute Gasteiger partial charge is 0.323 e. The van der Waals surface area contributed by atoms with Crippen LogP contribution in [0.4, 0.5) is 4.39 Å². The van der Waals surface area contributed by atoms with E-state index < -0.39 is 17.3 Å². The first-order valence-electron chi connectivity index (χ1n) is 5.17. The topological polar surface area (TPSA) is 58.6 Å². The number of hydrogen-bond acceptors (Lipinski definition) is 3. The van der Waals surface area contributed by atoms with Crippen molar-refractivity contribution in [2.45, 2.75) is 25.9 Å². The van der Waals surface area contributed by atoms with Crippen molar-refractivity contribution >= 4 is 5.97 Å². The molecule has 0 bridgehead atoms. The Labute approximate surface area is 99.4 Å². The predicted octanol–water partition coefficient (Wildman–Crippen LogP) is 1.79. The molecule has 0 atom stereocenters. The van der Waals surface area contributed by atoms with Gasteiger partial charge in [-0.15, -0.1) is 0 Å². The second kappa shape index (κ2) is 5.14. The Hall–Kier alpha value is -1.62. The molecule has 0 amide bonds. The molecule has 1 rings (SSSR count). The van der Waals surface area contributed by atoms with E-state index in [4.69, 9.17) is 9.84 Å². The lowest BCUT2D eigenvalue weighted by Crippen LogP contribution is -2.46. The van der Waals surface area contributed by atoms with Crippen molar-refractivity contribution in [3.05, 3.63) is 29.6 Å². The number of carbonyl (C=O) groups is 1. The van der Waals surface area contributed by atoms with Gasteiger partial charge in [0.1, 0.15) is 17.1 Å². The third-order valence-electron chi connectivity index (χ3n) is 2.52. The minimum Gasteiger partial charge on any atom is -0.497 e. The van der Waals surface area contributed by atoms with E-state index in [1.807, 2.05) is 0 Å². The van der Waals surface area contributed by atoms with Gasteiger partial charge in [-0.25, -0.2) is 4.39 Å². The van der Waals surface area contributed by atoms with Crippen LogP contribution in [0.1, 0.15) is 19.4 Å². The average molecular weight is 241 g/mol. The number of ether oxygens (including phenoxy) is 1. The quantitative estimate of drug-likeness (QED) is 0.825. The Morgan fingerprint density at radius 2 is 2.18 bits per heavy atom. The molecular formula is C12H16FNO3. The summed E-state index contributed by atoms with van der Waals surface area (Å²) in [5, 5.41) is 11.7. The Morgan fingerprint density at radius 1 is 1.53 bits per heavy atom. The van der Waals surface area contributed by atoms with E-state index in [2.05, 4.69) is 5.32 Å². The van der Waals surface area contributed by atoms with Gasteiger partial charge in [-0.1, -0.05) is 6.07 Å². The van der Waals surface area contributed by atoms with Crippen LogP contribution in [0.3, 0.4) is 0 Å². The Bertz CT molecular complexity index is 418. The zero-order valence-electron chi connectivity index (χ0n) is 10.1. The lowest BCUT2D eigenvalue weighted by Gasteiger charge is -2.21. The van der Waals surface area contributed by atoms with Crippen molar-refractivity contribution in [1.29, 1.82) is 0 Å². The molecule has 0 saturated carbocycles. The van der Waals surface area contributed by atoms with Crippen LogP contribution >= 0.6 is 0 Å². The van der Waals surface area contributed by atoms with Crippen LogP contribution in [0.2, 0.25) is 0 Å². The highest BCUT2D eigenvalue weighted by molar-refractivity contribution is 5.77. The molecule has 0 aliphatic rings. The third-order valence-corrected chi connectivity index (χ3v) is 2.52. The lowest BCUT2D eigenvalue weighted by molar-refractivity contribution is -0.143. The van der Waals surface area contributed by atoms with Crippen molar-refractivity contribution in [2.75, 3.05) is 7.11 Å². The second-order valence-electron chi connectivity index (χ2n) is 4.24. The fourth-order valence-corrected chi connectivity index (χ4v) is 1.19. The summed E-state index contributed by atoms with van der Waals surface area (Å²) >= 11 is 0. The molecule has 4 nitrogen and oxygen atoms in total. The van der Waals surface area contributed by atoms with Gasteiger partial charge in [0.2, 0.25) is 0 Å². The van der Waals surface area contributed by atoms with Crippen LogP contribution < -0.4 is 10.1 Å². The molecule has 0 aromatic heterocycles. The van der Waals surface area contributed by atoms with Crippen molar-refractivity contribution in [1.82, 2.24) is 5.32 Å². The number of hydrogen-bond donors (Lipinski definition) is 2. The van der Waals surface area contributed by atoms with E-state index in [0.717, 1.165) is 0 Å². The number of benzene rings is 1. The molecule has 2 N–H and O–H groups in total. The van der Waals surface area contributed by atoms with E-state index in [-0.39, 0.29) is 6.54 Å². The summed E-state index contributed by atoms with van der Waals surface area (Å²) in [5.74, 6) is -0.965. The van der Waals surface area contributed by atoms with Crippen LogP contribution in [-0.2, 0) is 11.3 Å². The summed E-state index contributed by atoms with van der Waals surface area (Å²) < 4.78 is 18.4. The number of nitrogens with one attached hydrogen (secondary N) is 1. The highest BCUT2D eigenvalue weighted by Gasteiger charge is 2.26. The molecule has 0 spiro atoms. The molecule has 1 aromatic carbocycles. The Balaban J connectivity index is 2.73. The Kier molecular flexibility index (Phi) is 4.07. The lowest BCUT2D eigenvalue weighted by atomic mass is 10.1. The van der Waals surface area contributed by atoms with E-state index in [9.17, 15) is 9.18 Å². The Morgan fingerprint density at radius 3 is 2.65 bits per heavy atom. The zero-order chi connectivity index (χ0) is 13.1. The fraction of sp³-hybridized carbons (Fsp3) is 0.417. The van der Waals surface area contributed by atoms with E-state index in [0.29, 0.717) is 11.3 Å². The van der Waals surface area contributed by atoms with Crippen LogP contribution in [0, 0.1) is 5.82 Å². The minimum atomic E-state index is -1.09. The van der Waals surface area contributed by atoms with Gasteiger partial charge in [-0.05, 0) is 19.9 Å². The normalized spacial score (nSPS) is 11.3. The monoisotopic (exact) mass is 241 g/mol. The summed E-state index contributed by atoms with van der Waals surface area (Å²) in [6.45, 7) is 3.20. The molecule has 0 aliphatic heterocycles. The summed E-state index contributed by atoms with van der Waals surface area (Å²) in [6.07, 6.45) is 0. The van der Waals surface area contributed by atoms with Crippen molar-refractivity contribution in [3.63, 3.8) is 0 Å². The molecule has 0 heterocycles. The highest BCUT2D eigenvalue weighted by atomic mass is 19.1. The molecule has 0 fully saturated rings. The van der Waals surface area contributed by atoms with Gasteiger partial charge in [-0.2, -0.15) is 0 Å². The maximum atomic E-state index is 13.5. The number of halogens is 1. The number of methoxy groups -OCH3 is 1. The van der Waals surface area contributed by atoms with E-state index in [1.165, 1.54) is 27.0 Å². The summed E-state index contributed by atoms with van der Waals surface area (Å²) in [5.41, 5.74) is -0.688. The SMILES string of the molecule is COc1ccc(CNC(C)(C)C(=O)O)c(F)c1. The summed E-state index contributed by atoms with van der Waals surface area (Å²) in [6, 6.07) is 4.47. The first-order chi connectivity index (χ1) is 7.86. The zero-order valence-corrected chi connectivity index (χ0v) is 10.1. The van der Waals surface area contributed by atoms with Crippen LogP contribution in [-0.4, -0.2) is 23.7 Å². The molecule has 17 heavy (non-hydrogen) atoms. The maximum absolute atomic E-state index is 13.5. The third kappa shape index (κ3) is 3.42. The predicted molar refractivity (Wildman–Crippen MR) is 61.5 cm³/mol. The number of carboxylic acids is 1. The van der Waals surface area contributed by atoms with Gasteiger partial charge >= 0.3 is 5.97 Å². The van der Waals surface area contributed by atoms with Crippen LogP contribution in [0.25, 0.3) is 0 Å². The van der Waals surface area contributed by atoms with Gasteiger partial charge in [0.05, 0.1) is 7.11 Å². The van der Waals surface area contributed by atoms with Gasteiger partial charge in [0.15, 0.2) is 0 Å². The molecular weight excluding hydrogens is 225 g/mol. The number of carboxylic acid groups (broad SMARTS) is 1. The van der Waals surface area contributed by atoms with Crippen LogP contribution in [0.5, 0.6) is 5.75 Å². The number of aliphatic carboxylic acids is 1. The van der Waals surface area contributed by atoms with Gasteiger partial charge in [-0.3, -0.25) is 10.1 Å². The highest BCUT2D eigenvalue weighted by Crippen LogP contribution is 2.16. The van der Waals surface area contributed by atoms with Gasteiger partial charge < -0.3 is 9.84 Å². The molecule has 1 aromatic rings. The second-order valence-corrected chi connectivity index (χ2v) is 4.24. The molecule has 0 aliphatic carbocycles. The van der Waals surface area contributed by atoms with Gasteiger partial charge in [0, 0.05) is 18.2 Å². The molecule has 5 heteroatoms. The largest absolute Gasteiger partial charge is 0.497 e. The molecule has 94 valence electrons. The van der Waals surface area contributed by atoms with Crippen molar-refractivity contribution in [2.24, 2.45) is 0 Å². The minimum absolute atomic E-state index is 0.148. The standard InChI is InChI=1S/C12H16FNO3/c1-12(2,11(15)16)14-7-8-4-5-9(17-3)6-10(8)13/h4-6,14H,7H2,1-3H3,(H,15,16). The molecule has 0 saturated heterocycles. The number of rotatable bonds is 5. The maximum Gasteiger partial charge on any atom is 0.323 e. The van der Waals surface area contributed by atoms with Crippen molar-refractivity contribution in [3.8, 4) is 5.75 Å². The van der Waals surface area contributed by atoms with Crippen LogP contribution in [0.15, 0.2) is 18.2 Å². The molecule has 0 unspecified atom stereocenters. The summed E-state index contributed by atoms with van der Waals surface area (Å²) in [7, 11) is 1.46. The fourth-order valence-electron chi connectivity index (χ4n) is 1.19. The summed E-state index contributed by atoms with van der Waals surface area (Å²) in [4.78, 5) is 10.9. The first-order valence-corrected chi connectivity index (χ1v) is 5.17. The molecule has 0 radical (unpaired) electrons. The van der Waals surface area contributed by atoms with E-state index >= 15 is 0 Å². The van der Waals surface area contributed by atoms with E-state index in [1.54, 1.807) is 12.1 Å². The average Bonchev–Trinajstić information content (AvgIpc) is 2.27. The first kappa shape index (κ1) is 13.4. The van der Waals surface area contributed by atoms with Gasteiger partial charge in [0.25, 0.3) is 0 Å². The van der Waals surface area contributed by atoms with Crippen molar-refractivity contribution < 1.29 is 19.0 Å².